The number of halogens is 2. The number of amides is 1. The quantitative estimate of drug-likeness (QED) is 0.612. The van der Waals surface area contributed by atoms with Gasteiger partial charge in [-0.1, -0.05) is 15.9 Å². The molecule has 1 aromatic rings. The first-order valence-corrected chi connectivity index (χ1v) is 7.32. The van der Waals surface area contributed by atoms with Crippen molar-refractivity contribution in [3.8, 4) is 5.75 Å². The summed E-state index contributed by atoms with van der Waals surface area (Å²) >= 11 is 5.51. The van der Waals surface area contributed by atoms with Crippen LogP contribution in [0.2, 0.25) is 0 Å². The fourth-order valence-electron chi connectivity index (χ4n) is 1.22. The molecule has 0 aliphatic carbocycles. The smallest absolute Gasteiger partial charge is 0.257 e. The molecule has 1 N–H and O–H groups in total. The van der Waals surface area contributed by atoms with Crippen LogP contribution in [-0.2, 0) is 0 Å². The molecular formula is C12H15BrINO2. The molecule has 94 valence electrons. The van der Waals surface area contributed by atoms with E-state index in [0.717, 1.165) is 3.57 Å². The molecule has 3 nitrogen and oxygen atoms in total. The summed E-state index contributed by atoms with van der Waals surface area (Å²) in [5.74, 6) is -0.155. The van der Waals surface area contributed by atoms with Crippen LogP contribution >= 0.6 is 38.5 Å². The van der Waals surface area contributed by atoms with Crippen LogP contribution in [0.1, 0.15) is 24.2 Å². The van der Waals surface area contributed by atoms with Gasteiger partial charge in [0, 0.05) is 21.5 Å². The molecular weight excluding hydrogens is 397 g/mol. The first-order valence-electron chi connectivity index (χ1n) is 5.12. The van der Waals surface area contributed by atoms with Gasteiger partial charge in [-0.2, -0.15) is 0 Å². The van der Waals surface area contributed by atoms with E-state index in [9.17, 15) is 9.90 Å². The number of hydrogen-bond acceptors (Lipinski definition) is 2. The zero-order valence-electron chi connectivity index (χ0n) is 10.00. The number of alkyl halides is 1. The van der Waals surface area contributed by atoms with Gasteiger partial charge in [0.25, 0.3) is 5.91 Å². The number of rotatable bonds is 3. The maximum Gasteiger partial charge on any atom is 0.257 e. The Bertz CT molecular complexity index is 435. The lowest BCUT2D eigenvalue weighted by atomic mass is 10.0. The van der Waals surface area contributed by atoms with Gasteiger partial charge in [-0.05, 0) is 54.6 Å². The lowest BCUT2D eigenvalue weighted by Gasteiger charge is -2.34. The highest BCUT2D eigenvalue weighted by atomic mass is 127. The van der Waals surface area contributed by atoms with Crippen molar-refractivity contribution in [1.82, 2.24) is 4.90 Å². The summed E-state index contributed by atoms with van der Waals surface area (Å²) in [6, 6.07) is 5.01. The van der Waals surface area contributed by atoms with Crippen LogP contribution < -0.4 is 0 Å². The molecule has 0 spiro atoms. The molecule has 0 aliphatic rings. The standard InChI is InChI=1S/C12H15BrINO2/c1-12(2,7-13)15(3)11(17)9-6-8(14)4-5-10(9)16/h4-6,16H,7H2,1-3H3. The number of nitrogens with zero attached hydrogens (tertiary/aromatic N) is 1. The van der Waals surface area contributed by atoms with Crippen LogP contribution in [0.15, 0.2) is 18.2 Å². The Balaban J connectivity index is 3.08. The Labute approximate surface area is 123 Å². The minimum absolute atomic E-state index is 0.0210. The first kappa shape index (κ1) is 14.8. The van der Waals surface area contributed by atoms with E-state index in [1.54, 1.807) is 30.1 Å². The number of benzene rings is 1. The molecule has 0 atom stereocenters. The van der Waals surface area contributed by atoms with E-state index in [1.165, 1.54) is 0 Å². The summed E-state index contributed by atoms with van der Waals surface area (Å²) in [5, 5.41) is 10.4. The largest absolute Gasteiger partial charge is 0.507 e. The van der Waals surface area contributed by atoms with Crippen molar-refractivity contribution in [2.45, 2.75) is 19.4 Å². The molecule has 1 amide bonds. The molecule has 0 heterocycles. The van der Waals surface area contributed by atoms with Crippen LogP contribution in [0, 0.1) is 3.57 Å². The summed E-state index contributed by atoms with van der Waals surface area (Å²) in [6.07, 6.45) is 0. The van der Waals surface area contributed by atoms with Crippen LogP contribution in [0.25, 0.3) is 0 Å². The molecule has 0 aliphatic heterocycles. The Hall–Kier alpha value is -0.300. The van der Waals surface area contributed by atoms with Crippen molar-refractivity contribution >= 4 is 44.4 Å². The Morgan fingerprint density at radius 1 is 1.53 bits per heavy atom. The molecule has 0 bridgehead atoms. The molecule has 0 unspecified atom stereocenters. The van der Waals surface area contributed by atoms with E-state index in [1.807, 2.05) is 13.8 Å². The fraction of sp³-hybridized carbons (Fsp3) is 0.417. The normalized spacial score (nSPS) is 11.4. The zero-order chi connectivity index (χ0) is 13.2. The number of carbonyl (C=O) groups excluding carboxylic acids is 1. The van der Waals surface area contributed by atoms with Crippen molar-refractivity contribution in [3.63, 3.8) is 0 Å². The maximum absolute atomic E-state index is 12.3. The van der Waals surface area contributed by atoms with E-state index >= 15 is 0 Å². The maximum atomic E-state index is 12.3. The SMILES string of the molecule is CN(C(=O)c1cc(I)ccc1O)C(C)(C)CBr. The van der Waals surface area contributed by atoms with Crippen LogP contribution in [0.5, 0.6) is 5.75 Å². The summed E-state index contributed by atoms with van der Waals surface area (Å²) in [5.41, 5.74) is 0.0403. The third-order valence-corrected chi connectivity index (χ3v) is 4.77. The Kier molecular flexibility index (Phi) is 4.83. The minimum Gasteiger partial charge on any atom is -0.507 e. The predicted molar refractivity (Wildman–Crippen MR) is 80.8 cm³/mol. The second kappa shape index (κ2) is 5.56. The third-order valence-electron chi connectivity index (χ3n) is 2.73. The number of phenolic OH excluding ortho intramolecular Hbond substituents is 1. The number of phenols is 1. The molecule has 17 heavy (non-hydrogen) atoms. The second-order valence-electron chi connectivity index (χ2n) is 4.47. The van der Waals surface area contributed by atoms with Crippen LogP contribution in [-0.4, -0.2) is 33.8 Å². The molecule has 0 saturated carbocycles. The van der Waals surface area contributed by atoms with Gasteiger partial charge in [-0.25, -0.2) is 0 Å². The van der Waals surface area contributed by atoms with E-state index < -0.39 is 0 Å². The van der Waals surface area contributed by atoms with E-state index in [2.05, 4.69) is 38.5 Å². The third kappa shape index (κ3) is 3.34. The topological polar surface area (TPSA) is 40.5 Å². The van der Waals surface area contributed by atoms with Crippen molar-refractivity contribution < 1.29 is 9.90 Å². The van der Waals surface area contributed by atoms with Gasteiger partial charge in [0.15, 0.2) is 0 Å². The lowest BCUT2D eigenvalue weighted by Crippen LogP contribution is -2.46. The van der Waals surface area contributed by atoms with Crippen LogP contribution in [0.4, 0.5) is 0 Å². The number of aromatic hydroxyl groups is 1. The highest BCUT2D eigenvalue weighted by Crippen LogP contribution is 2.24. The zero-order valence-corrected chi connectivity index (χ0v) is 13.7. The average Bonchev–Trinajstić information content (AvgIpc) is 2.30. The van der Waals surface area contributed by atoms with Gasteiger partial charge in [-0.15, -0.1) is 0 Å². The second-order valence-corrected chi connectivity index (χ2v) is 6.28. The van der Waals surface area contributed by atoms with Crippen molar-refractivity contribution in [2.24, 2.45) is 0 Å². The van der Waals surface area contributed by atoms with E-state index in [0.29, 0.717) is 10.9 Å². The molecule has 1 aromatic carbocycles. The fourth-order valence-corrected chi connectivity index (χ4v) is 2.09. The molecule has 0 radical (unpaired) electrons. The molecule has 0 aromatic heterocycles. The molecule has 0 fully saturated rings. The van der Waals surface area contributed by atoms with Crippen molar-refractivity contribution in [2.75, 3.05) is 12.4 Å². The van der Waals surface area contributed by atoms with Crippen LogP contribution in [0.3, 0.4) is 0 Å². The number of hydrogen-bond donors (Lipinski definition) is 1. The highest BCUT2D eigenvalue weighted by Gasteiger charge is 2.28. The van der Waals surface area contributed by atoms with E-state index in [-0.39, 0.29) is 17.2 Å². The molecule has 1 rings (SSSR count). The summed E-state index contributed by atoms with van der Waals surface area (Å²) in [7, 11) is 1.74. The average molecular weight is 412 g/mol. The minimum atomic E-state index is -0.301. The van der Waals surface area contributed by atoms with Gasteiger partial charge < -0.3 is 10.0 Å². The van der Waals surface area contributed by atoms with Gasteiger partial charge >= 0.3 is 0 Å². The Morgan fingerprint density at radius 3 is 2.65 bits per heavy atom. The summed E-state index contributed by atoms with van der Waals surface area (Å²) < 4.78 is 0.925. The van der Waals surface area contributed by atoms with E-state index in [4.69, 9.17) is 0 Å². The van der Waals surface area contributed by atoms with Gasteiger partial charge in [-0.3, -0.25) is 4.79 Å². The van der Waals surface area contributed by atoms with Crippen molar-refractivity contribution in [1.29, 1.82) is 0 Å². The Morgan fingerprint density at radius 2 is 2.12 bits per heavy atom. The van der Waals surface area contributed by atoms with Crippen molar-refractivity contribution in [3.05, 3.63) is 27.3 Å². The summed E-state index contributed by atoms with van der Waals surface area (Å²) in [4.78, 5) is 13.9. The summed E-state index contributed by atoms with van der Waals surface area (Å²) in [6.45, 7) is 3.93. The highest BCUT2D eigenvalue weighted by molar-refractivity contribution is 14.1. The predicted octanol–water partition coefficient (Wildman–Crippen LogP) is 3.24. The molecule has 0 saturated heterocycles. The monoisotopic (exact) mass is 411 g/mol. The first-order chi connectivity index (χ1) is 7.79. The molecule has 5 heteroatoms. The van der Waals surface area contributed by atoms with Gasteiger partial charge in [0.1, 0.15) is 5.75 Å². The van der Waals surface area contributed by atoms with Gasteiger partial charge in [0.05, 0.1) is 5.56 Å². The number of carbonyl (C=O) groups is 1. The van der Waals surface area contributed by atoms with Gasteiger partial charge in [0.2, 0.25) is 0 Å². The lowest BCUT2D eigenvalue weighted by molar-refractivity contribution is 0.0660.